The summed E-state index contributed by atoms with van der Waals surface area (Å²) in [6.45, 7) is 0. The number of carbonyl (C=O) groups is 2. The third kappa shape index (κ3) is 3.88. The third-order valence-electron chi connectivity index (χ3n) is 4.56. The average molecular weight is 397 g/mol. The Kier molecular flexibility index (Phi) is 5.77. The van der Waals surface area contributed by atoms with Crippen LogP contribution in [0.15, 0.2) is 47.5 Å². The topological polar surface area (TPSA) is 134 Å². The van der Waals surface area contributed by atoms with Crippen molar-refractivity contribution in [2.24, 2.45) is 0 Å². The minimum atomic E-state index is -0.926. The van der Waals surface area contributed by atoms with Crippen molar-refractivity contribution in [2.75, 3.05) is 14.2 Å². The summed E-state index contributed by atoms with van der Waals surface area (Å²) in [6.07, 6.45) is 2.28. The van der Waals surface area contributed by atoms with Gasteiger partial charge in [0.1, 0.15) is 11.3 Å². The van der Waals surface area contributed by atoms with Crippen molar-refractivity contribution in [1.82, 2.24) is 15.2 Å². The molecule has 0 saturated carbocycles. The van der Waals surface area contributed by atoms with Gasteiger partial charge in [-0.05, 0) is 5.56 Å². The number of pyridine rings is 1. The number of benzene rings is 1. The molecule has 1 atom stereocenters. The highest BCUT2D eigenvalue weighted by molar-refractivity contribution is 5.92. The molecular weight excluding hydrogens is 378 g/mol. The molecule has 2 heterocycles. The molecule has 2 aromatic heterocycles. The molecule has 0 aliphatic heterocycles. The zero-order chi connectivity index (χ0) is 21.0. The normalized spacial score (nSPS) is 11.7. The van der Waals surface area contributed by atoms with Gasteiger partial charge in [-0.1, -0.05) is 30.3 Å². The molecule has 0 saturated heterocycles. The van der Waals surface area contributed by atoms with E-state index in [1.807, 2.05) is 30.3 Å². The van der Waals surface area contributed by atoms with Gasteiger partial charge in [-0.3, -0.25) is 14.7 Å². The first-order valence-electron chi connectivity index (χ1n) is 8.66. The quantitative estimate of drug-likeness (QED) is 0.541. The Morgan fingerprint density at radius 2 is 1.90 bits per heavy atom. The van der Waals surface area contributed by atoms with Crippen molar-refractivity contribution in [2.45, 2.75) is 12.3 Å². The fourth-order valence-corrected chi connectivity index (χ4v) is 3.14. The minimum absolute atomic E-state index is 0.156. The standard InChI is InChI=1S/C20H19N3O6/c1-28-15(24)8-12(13-10-22-23-17(13)11-6-4-3-5-7-11)16-18(25)14(20(27)29-2)9-21-19(16)26/h3-7,9-10,12H,8H2,1-2H3,(H,22,23)(H2,21,25,26)/t12-/m0/s1. The largest absolute Gasteiger partial charge is 0.506 e. The van der Waals surface area contributed by atoms with E-state index in [1.54, 1.807) is 0 Å². The Bertz CT molecular complexity index is 1090. The van der Waals surface area contributed by atoms with Gasteiger partial charge in [0, 0.05) is 17.7 Å². The van der Waals surface area contributed by atoms with Crippen LogP contribution in [-0.4, -0.2) is 46.4 Å². The summed E-state index contributed by atoms with van der Waals surface area (Å²) >= 11 is 0. The molecule has 29 heavy (non-hydrogen) atoms. The van der Waals surface area contributed by atoms with Crippen LogP contribution in [0.4, 0.5) is 0 Å². The summed E-state index contributed by atoms with van der Waals surface area (Å²) in [5.41, 5.74) is 0.809. The van der Waals surface area contributed by atoms with Gasteiger partial charge in [0.15, 0.2) is 0 Å². The minimum Gasteiger partial charge on any atom is -0.506 e. The SMILES string of the molecule is COC(=O)C[C@@H](c1cn[nH]c1-c1ccccc1)c1c(O)c(C(=O)OC)c[nH]c1=O. The van der Waals surface area contributed by atoms with Gasteiger partial charge < -0.3 is 19.6 Å². The van der Waals surface area contributed by atoms with Crippen molar-refractivity contribution < 1.29 is 24.2 Å². The fraction of sp³-hybridized carbons (Fsp3) is 0.200. The maximum Gasteiger partial charge on any atom is 0.343 e. The van der Waals surface area contributed by atoms with Crippen LogP contribution in [0.1, 0.15) is 33.8 Å². The zero-order valence-electron chi connectivity index (χ0n) is 15.8. The van der Waals surface area contributed by atoms with Crippen LogP contribution in [0, 0.1) is 0 Å². The number of hydrogen-bond donors (Lipinski definition) is 3. The predicted molar refractivity (Wildman–Crippen MR) is 103 cm³/mol. The average Bonchev–Trinajstić information content (AvgIpc) is 3.22. The lowest BCUT2D eigenvalue weighted by atomic mass is 9.86. The zero-order valence-corrected chi connectivity index (χ0v) is 15.8. The first kappa shape index (κ1) is 19.9. The lowest BCUT2D eigenvalue weighted by molar-refractivity contribution is -0.140. The molecule has 0 aliphatic rings. The molecule has 9 nitrogen and oxygen atoms in total. The number of ether oxygens (including phenoxy) is 2. The van der Waals surface area contributed by atoms with Crippen molar-refractivity contribution in [1.29, 1.82) is 0 Å². The van der Waals surface area contributed by atoms with Gasteiger partial charge in [-0.25, -0.2) is 4.79 Å². The molecule has 1 aromatic carbocycles. The molecule has 0 bridgehead atoms. The fourth-order valence-electron chi connectivity index (χ4n) is 3.14. The molecule has 9 heteroatoms. The maximum absolute atomic E-state index is 12.6. The highest BCUT2D eigenvalue weighted by Crippen LogP contribution is 2.37. The van der Waals surface area contributed by atoms with Crippen molar-refractivity contribution in [3.05, 3.63) is 69.8 Å². The van der Waals surface area contributed by atoms with E-state index in [-0.39, 0.29) is 17.5 Å². The summed E-state index contributed by atoms with van der Waals surface area (Å²) in [5, 5.41) is 17.6. The Morgan fingerprint density at radius 3 is 2.55 bits per heavy atom. The number of nitrogens with one attached hydrogen (secondary N) is 2. The first-order chi connectivity index (χ1) is 14.0. The number of rotatable bonds is 6. The van der Waals surface area contributed by atoms with Gasteiger partial charge in [-0.2, -0.15) is 5.10 Å². The molecule has 0 radical (unpaired) electrons. The van der Waals surface area contributed by atoms with Gasteiger partial charge in [-0.15, -0.1) is 0 Å². The molecule has 3 aromatic rings. The number of carbonyl (C=O) groups excluding carboxylic acids is 2. The molecule has 3 N–H and O–H groups in total. The second kappa shape index (κ2) is 8.42. The van der Waals surface area contributed by atoms with Crippen molar-refractivity contribution in [3.8, 4) is 17.0 Å². The van der Waals surface area contributed by atoms with E-state index in [0.29, 0.717) is 11.3 Å². The Balaban J connectivity index is 2.22. The number of methoxy groups -OCH3 is 2. The molecule has 3 rings (SSSR count). The molecule has 0 aliphatic carbocycles. The van der Waals surface area contributed by atoms with Crippen LogP contribution in [0.2, 0.25) is 0 Å². The highest BCUT2D eigenvalue weighted by Gasteiger charge is 2.30. The lowest BCUT2D eigenvalue weighted by Gasteiger charge is -2.18. The number of aromatic hydroxyl groups is 1. The number of H-pyrrole nitrogens is 2. The van der Waals surface area contributed by atoms with Crippen LogP contribution in [0.3, 0.4) is 0 Å². The smallest absolute Gasteiger partial charge is 0.343 e. The van der Waals surface area contributed by atoms with E-state index in [1.165, 1.54) is 13.3 Å². The summed E-state index contributed by atoms with van der Waals surface area (Å²) in [6, 6.07) is 9.18. The van der Waals surface area contributed by atoms with Crippen LogP contribution < -0.4 is 5.56 Å². The van der Waals surface area contributed by atoms with Crippen LogP contribution in [0.5, 0.6) is 5.75 Å². The monoisotopic (exact) mass is 397 g/mol. The molecule has 0 fully saturated rings. The number of aromatic amines is 2. The molecule has 0 spiro atoms. The van der Waals surface area contributed by atoms with Crippen LogP contribution in [-0.2, 0) is 14.3 Å². The summed E-state index contributed by atoms with van der Waals surface area (Å²) in [7, 11) is 2.38. The van der Waals surface area contributed by atoms with Gasteiger partial charge in [0.25, 0.3) is 5.56 Å². The first-order valence-corrected chi connectivity index (χ1v) is 8.66. The second-order valence-corrected chi connectivity index (χ2v) is 6.18. The second-order valence-electron chi connectivity index (χ2n) is 6.18. The lowest BCUT2D eigenvalue weighted by Crippen LogP contribution is -2.22. The maximum atomic E-state index is 12.6. The van der Waals surface area contributed by atoms with E-state index in [4.69, 9.17) is 4.74 Å². The van der Waals surface area contributed by atoms with Crippen LogP contribution in [0.25, 0.3) is 11.3 Å². The van der Waals surface area contributed by atoms with E-state index >= 15 is 0 Å². The summed E-state index contributed by atoms with van der Waals surface area (Å²) in [4.78, 5) is 39.1. The summed E-state index contributed by atoms with van der Waals surface area (Å²) < 4.78 is 9.42. The molecule has 150 valence electrons. The van der Waals surface area contributed by atoms with E-state index in [9.17, 15) is 19.5 Å². The van der Waals surface area contributed by atoms with Gasteiger partial charge in [0.05, 0.1) is 38.1 Å². The van der Waals surface area contributed by atoms with Gasteiger partial charge >= 0.3 is 11.9 Å². The Hall–Kier alpha value is -3.88. The number of hydrogen-bond acceptors (Lipinski definition) is 7. The summed E-state index contributed by atoms with van der Waals surface area (Å²) in [5.74, 6) is -2.91. The van der Waals surface area contributed by atoms with Crippen LogP contribution >= 0.6 is 0 Å². The molecule has 0 amide bonds. The van der Waals surface area contributed by atoms with E-state index in [2.05, 4.69) is 19.9 Å². The number of aromatic nitrogens is 3. The third-order valence-corrected chi connectivity index (χ3v) is 4.56. The number of nitrogens with zero attached hydrogens (tertiary/aromatic N) is 1. The Labute approximate surface area is 165 Å². The number of esters is 2. The molecule has 0 unspecified atom stereocenters. The van der Waals surface area contributed by atoms with E-state index < -0.39 is 29.2 Å². The van der Waals surface area contributed by atoms with Gasteiger partial charge in [0.2, 0.25) is 0 Å². The van der Waals surface area contributed by atoms with E-state index in [0.717, 1.165) is 18.9 Å². The van der Waals surface area contributed by atoms with Crippen molar-refractivity contribution in [3.63, 3.8) is 0 Å². The highest BCUT2D eigenvalue weighted by atomic mass is 16.5. The predicted octanol–water partition coefficient (Wildman–Crippen LogP) is 1.95. The molecular formula is C20H19N3O6. The Morgan fingerprint density at radius 1 is 1.17 bits per heavy atom. The van der Waals surface area contributed by atoms with Crippen molar-refractivity contribution >= 4 is 11.9 Å².